The molecule has 0 aliphatic carbocycles. The smallest absolute Gasteiger partial charge is 0.243 e. The van der Waals surface area contributed by atoms with Crippen molar-refractivity contribution in [3.63, 3.8) is 0 Å². The van der Waals surface area contributed by atoms with E-state index >= 15 is 0 Å². The van der Waals surface area contributed by atoms with E-state index in [0.717, 1.165) is 32.6 Å². The van der Waals surface area contributed by atoms with E-state index in [1.807, 2.05) is 36.4 Å². The summed E-state index contributed by atoms with van der Waals surface area (Å²) in [6, 6.07) is 16.4. The lowest BCUT2D eigenvalue weighted by molar-refractivity contribution is -0.128. The first-order valence-corrected chi connectivity index (χ1v) is 11.8. The van der Waals surface area contributed by atoms with E-state index in [9.17, 15) is 13.2 Å². The molecule has 0 aliphatic heterocycles. The lowest BCUT2D eigenvalue weighted by Crippen LogP contribution is -2.38. The fourth-order valence-electron chi connectivity index (χ4n) is 3.59. The minimum absolute atomic E-state index is 0.160. The van der Waals surface area contributed by atoms with Crippen molar-refractivity contribution < 1.29 is 27.4 Å². The average molecular weight is 458 g/mol. The normalized spacial score (nSPS) is 12.3. The number of hydrogen-bond donors (Lipinski definition) is 0. The maximum Gasteiger partial charge on any atom is 0.243 e. The van der Waals surface area contributed by atoms with Gasteiger partial charge in [0.25, 0.3) is 0 Å². The van der Waals surface area contributed by atoms with Gasteiger partial charge in [-0.3, -0.25) is 4.79 Å². The van der Waals surface area contributed by atoms with Crippen molar-refractivity contribution in [1.82, 2.24) is 4.31 Å². The highest BCUT2D eigenvalue weighted by molar-refractivity contribution is 7.88. The van der Waals surface area contributed by atoms with Crippen LogP contribution in [0, 0.1) is 0 Å². The van der Waals surface area contributed by atoms with E-state index in [0.29, 0.717) is 17.1 Å². The summed E-state index contributed by atoms with van der Waals surface area (Å²) >= 11 is 0. The number of ether oxygens (including phenoxy) is 3. The van der Waals surface area contributed by atoms with E-state index in [-0.39, 0.29) is 6.54 Å². The van der Waals surface area contributed by atoms with Gasteiger partial charge in [0.2, 0.25) is 15.9 Å². The first-order valence-electron chi connectivity index (χ1n) is 9.98. The molecule has 1 unspecified atom stereocenters. The highest BCUT2D eigenvalue weighted by Crippen LogP contribution is 2.33. The Morgan fingerprint density at radius 1 is 0.938 bits per heavy atom. The van der Waals surface area contributed by atoms with Crippen LogP contribution in [0.2, 0.25) is 0 Å². The highest BCUT2D eigenvalue weighted by Gasteiger charge is 2.30. The minimum atomic E-state index is -3.84. The molecule has 0 N–H and O–H groups in total. The Labute approximate surface area is 188 Å². The zero-order chi connectivity index (χ0) is 23.5. The number of hydrogen-bond acceptors (Lipinski definition) is 6. The zero-order valence-corrected chi connectivity index (χ0v) is 19.6. The van der Waals surface area contributed by atoms with Gasteiger partial charge in [0.1, 0.15) is 5.75 Å². The zero-order valence-electron chi connectivity index (χ0n) is 18.8. The number of carbonyl (C=O) groups is 1. The summed E-state index contributed by atoms with van der Waals surface area (Å²) < 4.78 is 42.0. The Hall–Kier alpha value is -3.26. The third-order valence-electron chi connectivity index (χ3n) is 5.39. The molecule has 7 nitrogen and oxygen atoms in total. The first-order chi connectivity index (χ1) is 15.2. The second-order valence-electron chi connectivity index (χ2n) is 7.45. The monoisotopic (exact) mass is 457 g/mol. The molecule has 3 aromatic rings. The standard InChI is InChI=1S/C24H27NO6S/c1-16(17-9-10-19-14-21(29-2)12-11-18(19)13-17)24(26)25(32(5,27)28)15-20-7-6-8-22(30-3)23(20)31-4/h6-14,16H,15H2,1-5H3. The van der Waals surface area contributed by atoms with E-state index in [1.54, 1.807) is 32.2 Å². The topological polar surface area (TPSA) is 82.1 Å². The summed E-state index contributed by atoms with van der Waals surface area (Å²) in [6.45, 7) is 1.54. The van der Waals surface area contributed by atoms with Gasteiger partial charge in [0.15, 0.2) is 11.5 Å². The fourth-order valence-corrected chi connectivity index (χ4v) is 4.45. The molecule has 0 aromatic heterocycles. The maximum atomic E-state index is 13.3. The molecule has 0 bridgehead atoms. The predicted molar refractivity (Wildman–Crippen MR) is 124 cm³/mol. The second-order valence-corrected chi connectivity index (χ2v) is 9.36. The van der Waals surface area contributed by atoms with Gasteiger partial charge in [0.05, 0.1) is 40.0 Å². The summed E-state index contributed by atoms with van der Waals surface area (Å²) in [4.78, 5) is 13.3. The number of rotatable bonds is 8. The molecule has 0 saturated heterocycles. The second kappa shape index (κ2) is 9.48. The molecule has 0 heterocycles. The molecule has 0 saturated carbocycles. The number of carbonyl (C=O) groups excluding carboxylic acids is 1. The summed E-state index contributed by atoms with van der Waals surface area (Å²) in [5.74, 6) is 0.399. The predicted octanol–water partition coefficient (Wildman–Crippen LogP) is 3.96. The summed E-state index contributed by atoms with van der Waals surface area (Å²) in [7, 11) is 0.735. The summed E-state index contributed by atoms with van der Waals surface area (Å²) in [5.41, 5.74) is 1.25. The molecule has 0 radical (unpaired) electrons. The summed E-state index contributed by atoms with van der Waals surface area (Å²) in [5, 5.41) is 1.90. The van der Waals surface area contributed by atoms with Gasteiger partial charge < -0.3 is 14.2 Å². The molecule has 32 heavy (non-hydrogen) atoms. The van der Waals surface area contributed by atoms with Crippen molar-refractivity contribution in [3.8, 4) is 17.2 Å². The molecule has 8 heteroatoms. The van der Waals surface area contributed by atoms with Gasteiger partial charge in [0, 0.05) is 5.56 Å². The van der Waals surface area contributed by atoms with Crippen LogP contribution in [-0.4, -0.2) is 46.2 Å². The van der Waals surface area contributed by atoms with Gasteiger partial charge >= 0.3 is 0 Å². The molecule has 0 aliphatic rings. The number of para-hydroxylation sites is 1. The van der Waals surface area contributed by atoms with Crippen LogP contribution < -0.4 is 14.2 Å². The molecule has 1 atom stereocenters. The lowest BCUT2D eigenvalue weighted by Gasteiger charge is -2.25. The Morgan fingerprint density at radius 3 is 2.25 bits per heavy atom. The van der Waals surface area contributed by atoms with Crippen molar-refractivity contribution in [2.45, 2.75) is 19.4 Å². The number of methoxy groups -OCH3 is 3. The Morgan fingerprint density at radius 2 is 1.62 bits per heavy atom. The third-order valence-corrected chi connectivity index (χ3v) is 6.50. The molecule has 170 valence electrons. The Balaban J connectivity index is 1.95. The molecular weight excluding hydrogens is 430 g/mol. The molecular formula is C24H27NO6S. The Bertz CT molecular complexity index is 1240. The molecule has 0 fully saturated rings. The van der Waals surface area contributed by atoms with Crippen LogP contribution in [-0.2, 0) is 21.4 Å². The maximum absolute atomic E-state index is 13.3. The number of fused-ring (bicyclic) bond motifs is 1. The van der Waals surface area contributed by atoms with Gasteiger partial charge in [-0.2, -0.15) is 0 Å². The highest BCUT2D eigenvalue weighted by atomic mass is 32.2. The molecule has 0 spiro atoms. The van der Waals surface area contributed by atoms with Gasteiger partial charge in [-0.1, -0.05) is 36.4 Å². The van der Waals surface area contributed by atoms with Gasteiger partial charge in [-0.25, -0.2) is 12.7 Å². The van der Waals surface area contributed by atoms with Crippen molar-refractivity contribution in [3.05, 3.63) is 65.7 Å². The lowest BCUT2D eigenvalue weighted by atomic mass is 9.97. The summed E-state index contributed by atoms with van der Waals surface area (Å²) in [6.07, 6.45) is 1.02. The van der Waals surface area contributed by atoms with E-state index < -0.39 is 21.8 Å². The average Bonchev–Trinajstić information content (AvgIpc) is 2.79. The number of amides is 1. The van der Waals surface area contributed by atoms with Crippen molar-refractivity contribution in [2.75, 3.05) is 27.6 Å². The van der Waals surface area contributed by atoms with Crippen LogP contribution in [0.1, 0.15) is 24.0 Å². The molecule has 3 aromatic carbocycles. The van der Waals surface area contributed by atoms with Crippen LogP contribution in [0.4, 0.5) is 0 Å². The quantitative estimate of drug-likeness (QED) is 0.509. The minimum Gasteiger partial charge on any atom is -0.497 e. The van der Waals surface area contributed by atoms with Crippen LogP contribution in [0.5, 0.6) is 17.2 Å². The van der Waals surface area contributed by atoms with Gasteiger partial charge in [-0.05, 0) is 41.5 Å². The fraction of sp³-hybridized carbons (Fsp3) is 0.292. The number of sulfonamides is 1. The van der Waals surface area contributed by atoms with Crippen LogP contribution >= 0.6 is 0 Å². The number of nitrogens with zero attached hydrogens (tertiary/aromatic N) is 1. The van der Waals surface area contributed by atoms with Crippen LogP contribution in [0.15, 0.2) is 54.6 Å². The van der Waals surface area contributed by atoms with E-state index in [4.69, 9.17) is 14.2 Å². The third kappa shape index (κ3) is 4.80. The first kappa shape index (κ1) is 23.4. The van der Waals surface area contributed by atoms with Crippen molar-refractivity contribution in [2.24, 2.45) is 0 Å². The van der Waals surface area contributed by atoms with Crippen LogP contribution in [0.25, 0.3) is 10.8 Å². The van der Waals surface area contributed by atoms with Gasteiger partial charge in [-0.15, -0.1) is 0 Å². The largest absolute Gasteiger partial charge is 0.497 e. The Kier molecular flexibility index (Phi) is 6.93. The molecule has 3 rings (SSSR count). The number of benzene rings is 3. The van der Waals surface area contributed by atoms with E-state index in [1.165, 1.54) is 14.2 Å². The van der Waals surface area contributed by atoms with E-state index in [2.05, 4.69) is 0 Å². The van der Waals surface area contributed by atoms with Crippen LogP contribution in [0.3, 0.4) is 0 Å². The SMILES string of the molecule is COc1ccc2cc(C(C)C(=O)N(Cc3cccc(OC)c3OC)S(C)(=O)=O)ccc2c1. The van der Waals surface area contributed by atoms with Crippen molar-refractivity contribution in [1.29, 1.82) is 0 Å². The van der Waals surface area contributed by atoms with Crippen molar-refractivity contribution >= 4 is 26.7 Å². The molecule has 1 amide bonds.